The first-order valence-corrected chi connectivity index (χ1v) is 13.8. The predicted molar refractivity (Wildman–Crippen MR) is 144 cm³/mol. The van der Waals surface area contributed by atoms with Gasteiger partial charge in [-0.15, -0.1) is 0 Å². The maximum atomic E-state index is 5.81. The average molecular weight is 514 g/mol. The Labute approximate surface area is 219 Å². The number of ether oxygens (including phenoxy) is 7. The van der Waals surface area contributed by atoms with Crippen molar-refractivity contribution in [3.63, 3.8) is 0 Å². The molecule has 0 aliphatic carbocycles. The van der Waals surface area contributed by atoms with Crippen molar-refractivity contribution in [2.45, 2.75) is 58.3 Å². The number of para-hydroxylation sites is 2. The summed E-state index contributed by atoms with van der Waals surface area (Å²) in [4.78, 5) is 0. The van der Waals surface area contributed by atoms with Gasteiger partial charge in [0.25, 0.3) is 0 Å². The second-order valence-corrected chi connectivity index (χ2v) is 8.54. The predicted octanol–water partition coefficient (Wildman–Crippen LogP) is 4.89. The Morgan fingerprint density at radius 2 is 0.861 bits per heavy atom. The third-order valence-corrected chi connectivity index (χ3v) is 5.41. The summed E-state index contributed by atoms with van der Waals surface area (Å²) in [5.74, 6) is 0.681. The van der Waals surface area contributed by atoms with Gasteiger partial charge in [0.15, 0.2) is 0 Å². The van der Waals surface area contributed by atoms with Crippen molar-refractivity contribution in [1.82, 2.24) is 0 Å². The fourth-order valence-corrected chi connectivity index (χ4v) is 3.36. The third kappa shape index (κ3) is 21.8. The normalized spacial score (nSPS) is 11.2. The van der Waals surface area contributed by atoms with Crippen molar-refractivity contribution < 1.29 is 33.2 Å². The Kier molecular flexibility index (Phi) is 24.1. The Morgan fingerprint density at radius 1 is 0.472 bits per heavy atom. The number of rotatable bonds is 28. The first-order chi connectivity index (χ1) is 17.8. The molecular weight excluding hydrogens is 462 g/mol. The van der Waals surface area contributed by atoms with Gasteiger partial charge in [-0.1, -0.05) is 64.0 Å². The first-order valence-electron chi connectivity index (χ1n) is 13.8. The highest BCUT2D eigenvalue weighted by Crippen LogP contribution is 2.19. The molecule has 0 unspecified atom stereocenters. The maximum Gasteiger partial charge on any atom is 0.142 e. The number of nitrogen functional groups attached to an aromatic ring is 1. The van der Waals surface area contributed by atoms with E-state index < -0.39 is 0 Å². The van der Waals surface area contributed by atoms with Gasteiger partial charge in [-0.3, -0.25) is 0 Å². The summed E-state index contributed by atoms with van der Waals surface area (Å²) in [6, 6.07) is 7.41. The average Bonchev–Trinajstić information content (AvgIpc) is 2.89. The van der Waals surface area contributed by atoms with E-state index in [2.05, 4.69) is 6.92 Å². The van der Waals surface area contributed by atoms with Crippen LogP contribution in [0.1, 0.15) is 58.3 Å². The van der Waals surface area contributed by atoms with Gasteiger partial charge in [0, 0.05) is 6.61 Å². The molecule has 0 heterocycles. The minimum atomic E-state index is 0.454. The Morgan fingerprint density at radius 3 is 1.33 bits per heavy atom. The molecule has 1 aromatic carbocycles. The molecule has 0 saturated heterocycles. The molecule has 1 aromatic rings. The van der Waals surface area contributed by atoms with Crippen LogP contribution in [-0.2, 0) is 28.4 Å². The van der Waals surface area contributed by atoms with E-state index in [0.717, 1.165) is 13.0 Å². The molecule has 0 fully saturated rings. The lowest BCUT2D eigenvalue weighted by Gasteiger charge is -2.09. The summed E-state index contributed by atoms with van der Waals surface area (Å²) >= 11 is 0. The van der Waals surface area contributed by atoms with Gasteiger partial charge in [-0.2, -0.15) is 0 Å². The Bertz CT molecular complexity index is 577. The van der Waals surface area contributed by atoms with E-state index in [1.807, 2.05) is 24.3 Å². The fraction of sp³-hybridized carbons (Fsp3) is 0.786. The second-order valence-electron chi connectivity index (χ2n) is 8.54. The van der Waals surface area contributed by atoms with E-state index in [9.17, 15) is 0 Å². The lowest BCUT2D eigenvalue weighted by atomic mass is 10.1. The van der Waals surface area contributed by atoms with E-state index in [0.29, 0.717) is 90.7 Å². The monoisotopic (exact) mass is 513 g/mol. The van der Waals surface area contributed by atoms with Crippen LogP contribution in [0.25, 0.3) is 0 Å². The molecule has 1 rings (SSSR count). The number of hydrogen-bond donors (Lipinski definition) is 1. The lowest BCUT2D eigenvalue weighted by molar-refractivity contribution is -0.0179. The number of nitrogens with two attached hydrogens (primary N) is 1. The largest absolute Gasteiger partial charge is 0.489 e. The molecule has 8 heteroatoms. The quantitative estimate of drug-likeness (QED) is 0.125. The van der Waals surface area contributed by atoms with Crippen LogP contribution in [0.15, 0.2) is 24.3 Å². The van der Waals surface area contributed by atoms with E-state index in [4.69, 9.17) is 38.9 Å². The van der Waals surface area contributed by atoms with E-state index in [1.165, 1.54) is 44.9 Å². The molecule has 2 N–H and O–H groups in total. The highest BCUT2D eigenvalue weighted by atomic mass is 16.6. The summed E-state index contributed by atoms with van der Waals surface area (Å²) in [5, 5.41) is 0. The number of anilines is 1. The zero-order valence-electron chi connectivity index (χ0n) is 22.6. The summed E-state index contributed by atoms with van der Waals surface area (Å²) in [5.41, 5.74) is 6.44. The molecule has 0 spiro atoms. The molecule has 210 valence electrons. The molecule has 0 saturated carbocycles. The van der Waals surface area contributed by atoms with Crippen molar-refractivity contribution in [2.24, 2.45) is 0 Å². The minimum absolute atomic E-state index is 0.454. The van der Waals surface area contributed by atoms with Crippen LogP contribution in [0.4, 0.5) is 5.69 Å². The topological polar surface area (TPSA) is 90.6 Å². The molecule has 0 amide bonds. The second kappa shape index (κ2) is 26.6. The Balaban J connectivity index is 1.66. The van der Waals surface area contributed by atoms with Gasteiger partial charge >= 0.3 is 0 Å². The molecule has 8 nitrogen and oxygen atoms in total. The molecule has 0 aromatic heterocycles. The molecule has 0 bridgehead atoms. The van der Waals surface area contributed by atoms with Crippen molar-refractivity contribution in [3.8, 4) is 5.75 Å². The Hall–Kier alpha value is -1.42. The zero-order chi connectivity index (χ0) is 25.8. The van der Waals surface area contributed by atoms with Crippen LogP contribution in [-0.4, -0.2) is 85.9 Å². The number of benzene rings is 1. The summed E-state index contributed by atoms with van der Waals surface area (Å²) in [6.45, 7) is 9.64. The van der Waals surface area contributed by atoms with Crippen LogP contribution in [0.5, 0.6) is 5.75 Å². The van der Waals surface area contributed by atoms with Crippen molar-refractivity contribution in [2.75, 3.05) is 91.6 Å². The summed E-state index contributed by atoms with van der Waals surface area (Å²) in [7, 11) is 0. The standard InChI is InChI=1S/C28H51NO7/c1-2-3-4-5-6-7-8-11-14-30-15-16-31-17-18-32-19-20-33-21-22-34-23-24-35-25-26-36-28-13-10-9-12-27(28)29/h9-10,12-13H,2-8,11,14-26,29H2,1H3. The van der Waals surface area contributed by atoms with Gasteiger partial charge < -0.3 is 38.9 Å². The smallest absolute Gasteiger partial charge is 0.142 e. The minimum Gasteiger partial charge on any atom is -0.489 e. The molecule has 0 aliphatic heterocycles. The van der Waals surface area contributed by atoms with Crippen LogP contribution < -0.4 is 10.5 Å². The highest BCUT2D eigenvalue weighted by Gasteiger charge is 1.98. The van der Waals surface area contributed by atoms with Gasteiger partial charge in [-0.05, 0) is 18.6 Å². The zero-order valence-corrected chi connectivity index (χ0v) is 22.6. The van der Waals surface area contributed by atoms with Gasteiger partial charge in [-0.25, -0.2) is 0 Å². The van der Waals surface area contributed by atoms with Crippen molar-refractivity contribution in [1.29, 1.82) is 0 Å². The third-order valence-electron chi connectivity index (χ3n) is 5.41. The van der Waals surface area contributed by atoms with Gasteiger partial charge in [0.05, 0.1) is 78.4 Å². The van der Waals surface area contributed by atoms with Crippen LogP contribution in [0.3, 0.4) is 0 Å². The number of hydrogen-bond acceptors (Lipinski definition) is 8. The van der Waals surface area contributed by atoms with Crippen molar-refractivity contribution in [3.05, 3.63) is 24.3 Å². The fourth-order valence-electron chi connectivity index (χ4n) is 3.36. The van der Waals surface area contributed by atoms with E-state index >= 15 is 0 Å². The van der Waals surface area contributed by atoms with Gasteiger partial charge in [0.2, 0.25) is 0 Å². The number of unbranched alkanes of at least 4 members (excludes halogenated alkanes) is 7. The van der Waals surface area contributed by atoms with E-state index in [-0.39, 0.29) is 0 Å². The molecule has 0 radical (unpaired) electrons. The first kappa shape index (κ1) is 32.6. The van der Waals surface area contributed by atoms with Crippen molar-refractivity contribution >= 4 is 5.69 Å². The van der Waals surface area contributed by atoms with E-state index in [1.54, 1.807) is 0 Å². The molecule has 0 atom stereocenters. The lowest BCUT2D eigenvalue weighted by Crippen LogP contribution is -2.15. The highest BCUT2D eigenvalue weighted by molar-refractivity contribution is 5.51. The van der Waals surface area contributed by atoms with Crippen LogP contribution in [0, 0.1) is 0 Å². The van der Waals surface area contributed by atoms with Crippen LogP contribution in [0.2, 0.25) is 0 Å². The molecule has 36 heavy (non-hydrogen) atoms. The molecular formula is C28H51NO7. The summed E-state index contributed by atoms with van der Waals surface area (Å²) < 4.78 is 38.6. The molecule has 0 aliphatic rings. The van der Waals surface area contributed by atoms with Gasteiger partial charge in [0.1, 0.15) is 12.4 Å². The SMILES string of the molecule is CCCCCCCCCCOCCOCCOCCOCCOCCOCCOc1ccccc1N. The summed E-state index contributed by atoms with van der Waals surface area (Å²) in [6.07, 6.45) is 10.6. The maximum absolute atomic E-state index is 5.81. The van der Waals surface area contributed by atoms with Crippen LogP contribution >= 0.6 is 0 Å².